The van der Waals surface area contributed by atoms with Crippen LogP contribution in [0.3, 0.4) is 0 Å². The van der Waals surface area contributed by atoms with E-state index in [0.29, 0.717) is 12.3 Å². The summed E-state index contributed by atoms with van der Waals surface area (Å²) in [6, 6.07) is 3.99. The van der Waals surface area contributed by atoms with E-state index in [4.69, 9.17) is 18.4 Å². The molecule has 0 aliphatic heterocycles. The Morgan fingerprint density at radius 1 is 0.833 bits per heavy atom. The summed E-state index contributed by atoms with van der Waals surface area (Å²) in [4.78, 5) is 0. The van der Waals surface area contributed by atoms with Gasteiger partial charge in [0, 0.05) is 11.8 Å². The number of unbranched alkanes of at least 4 members (excludes halogenated alkanes) is 12. The minimum Gasteiger partial charge on any atom is -0.508 e. The second kappa shape index (κ2) is 15.2. The minimum atomic E-state index is -0.0883. The molecule has 0 bridgehead atoms. The monoisotopic (exact) mass is 435 g/mol. The molecule has 0 saturated heterocycles. The number of hydrogen-bond acceptors (Lipinski definition) is 3. The largest absolute Gasteiger partial charge is 0.508 e. The summed E-state index contributed by atoms with van der Waals surface area (Å²) in [5, 5.41) is 10.6. The molecule has 0 heterocycles. The Bertz CT molecular complexity index is 579. The summed E-state index contributed by atoms with van der Waals surface area (Å²) in [6.45, 7) is 9.13. The van der Waals surface area contributed by atoms with E-state index >= 15 is 0 Å². The van der Waals surface area contributed by atoms with E-state index in [1.165, 1.54) is 89.0 Å². The number of aromatic hydroxyl groups is 1. The van der Waals surface area contributed by atoms with Gasteiger partial charge in [0.1, 0.15) is 5.75 Å². The smallest absolute Gasteiger partial charge is 0.119 e. The average molecular weight is 436 g/mol. The zero-order valence-electron chi connectivity index (χ0n) is 20.3. The summed E-state index contributed by atoms with van der Waals surface area (Å²) in [5.74, 6) is 0.355. The summed E-state index contributed by atoms with van der Waals surface area (Å²) >= 11 is 4.90. The van der Waals surface area contributed by atoms with E-state index < -0.39 is 0 Å². The van der Waals surface area contributed by atoms with Gasteiger partial charge < -0.3 is 10.8 Å². The van der Waals surface area contributed by atoms with Crippen molar-refractivity contribution in [2.75, 3.05) is 0 Å². The molecule has 1 aromatic carbocycles. The molecule has 0 aliphatic rings. The lowest BCUT2D eigenvalue weighted by atomic mass is 9.83. The van der Waals surface area contributed by atoms with E-state index in [2.05, 4.69) is 33.8 Å². The Balaban J connectivity index is 2.25. The lowest BCUT2D eigenvalue weighted by Gasteiger charge is -2.24. The molecule has 3 heteroatoms. The number of nitrogens with two attached hydrogens (primary N) is 1. The van der Waals surface area contributed by atoms with E-state index in [1.54, 1.807) is 0 Å². The van der Waals surface area contributed by atoms with Crippen molar-refractivity contribution in [3.05, 3.63) is 28.8 Å². The number of benzene rings is 1. The van der Waals surface area contributed by atoms with Gasteiger partial charge in [-0.3, -0.25) is 0 Å². The first kappa shape index (κ1) is 27.4. The van der Waals surface area contributed by atoms with Crippen molar-refractivity contribution in [3.8, 4) is 5.75 Å². The van der Waals surface area contributed by atoms with Crippen LogP contribution in [0.5, 0.6) is 5.75 Å². The third kappa shape index (κ3) is 10.6. The molecule has 0 radical (unpaired) electrons. The van der Waals surface area contributed by atoms with Gasteiger partial charge in [0.25, 0.3) is 0 Å². The Morgan fingerprint density at radius 2 is 1.30 bits per heavy atom. The molecule has 0 aromatic heterocycles. The van der Waals surface area contributed by atoms with Gasteiger partial charge in [-0.05, 0) is 34.6 Å². The maximum Gasteiger partial charge on any atom is 0.119 e. The van der Waals surface area contributed by atoms with E-state index in [1.807, 2.05) is 6.07 Å². The third-order valence-electron chi connectivity index (χ3n) is 6.23. The van der Waals surface area contributed by atoms with Crippen LogP contribution < -0.4 is 5.73 Å². The molecule has 174 valence electrons. The molecule has 30 heavy (non-hydrogen) atoms. The summed E-state index contributed by atoms with van der Waals surface area (Å²) in [6.07, 6.45) is 19.0. The minimum absolute atomic E-state index is 0.0883. The quantitative estimate of drug-likeness (QED) is 0.180. The number of thiol groups is 1. The Morgan fingerprint density at radius 3 is 1.73 bits per heavy atom. The van der Waals surface area contributed by atoms with Crippen molar-refractivity contribution in [2.45, 2.75) is 135 Å². The van der Waals surface area contributed by atoms with Crippen LogP contribution >= 0.6 is 12.6 Å². The maximum absolute atomic E-state index is 10.4. The van der Waals surface area contributed by atoms with Crippen molar-refractivity contribution in [2.24, 2.45) is 5.73 Å². The lowest BCUT2D eigenvalue weighted by Crippen LogP contribution is -2.14. The topological polar surface area (TPSA) is 46.2 Å². The van der Waals surface area contributed by atoms with Crippen LogP contribution in [0.2, 0.25) is 0 Å². The van der Waals surface area contributed by atoms with Crippen LogP contribution in [0.1, 0.15) is 140 Å². The molecule has 1 aromatic rings. The highest BCUT2D eigenvalue weighted by molar-refractivity contribution is 7.80. The summed E-state index contributed by atoms with van der Waals surface area (Å²) in [7, 11) is 0. The second-order valence-corrected chi connectivity index (χ2v) is 10.7. The third-order valence-corrected chi connectivity index (χ3v) is 6.76. The van der Waals surface area contributed by atoms with Crippen LogP contribution in [-0.2, 0) is 12.0 Å². The van der Waals surface area contributed by atoms with Crippen molar-refractivity contribution in [3.63, 3.8) is 0 Å². The highest BCUT2D eigenvalue weighted by Crippen LogP contribution is 2.38. The lowest BCUT2D eigenvalue weighted by molar-refractivity contribution is 0.445. The molecule has 0 fully saturated rings. The molecule has 0 amide bonds. The van der Waals surface area contributed by atoms with Crippen molar-refractivity contribution < 1.29 is 5.11 Å². The first-order valence-corrected chi connectivity index (χ1v) is 13.1. The van der Waals surface area contributed by atoms with Gasteiger partial charge in [-0.1, -0.05) is 117 Å². The van der Waals surface area contributed by atoms with E-state index in [-0.39, 0.29) is 10.7 Å². The van der Waals surface area contributed by atoms with Gasteiger partial charge in [0.05, 0.1) is 0 Å². The van der Waals surface area contributed by atoms with Crippen LogP contribution in [-0.4, -0.2) is 5.11 Å². The van der Waals surface area contributed by atoms with Gasteiger partial charge in [-0.15, -0.1) is 0 Å². The van der Waals surface area contributed by atoms with Gasteiger partial charge in [0.2, 0.25) is 0 Å². The molecule has 0 spiro atoms. The first-order valence-electron chi connectivity index (χ1n) is 12.6. The highest BCUT2D eigenvalue weighted by Gasteiger charge is 2.22. The number of hydrogen-bond donors (Lipinski definition) is 3. The fourth-order valence-electron chi connectivity index (χ4n) is 4.25. The number of phenolic OH excluding ortho intramolecular Hbond substituents is 1. The van der Waals surface area contributed by atoms with Gasteiger partial charge in [0.15, 0.2) is 0 Å². The molecule has 1 atom stereocenters. The molecule has 2 nitrogen and oxygen atoms in total. The number of phenols is 1. The van der Waals surface area contributed by atoms with E-state index in [9.17, 15) is 5.11 Å². The molecule has 0 saturated carbocycles. The SMILES string of the molecule is CCCCCCCCCCCCCCCC(S)c1cc(C(C)(C)C)c(O)cc1CN. The molecule has 0 aliphatic carbocycles. The van der Waals surface area contributed by atoms with Crippen molar-refractivity contribution in [1.82, 2.24) is 0 Å². The van der Waals surface area contributed by atoms with Crippen LogP contribution in [0.25, 0.3) is 0 Å². The van der Waals surface area contributed by atoms with Crippen molar-refractivity contribution in [1.29, 1.82) is 0 Å². The van der Waals surface area contributed by atoms with Crippen LogP contribution in [0, 0.1) is 0 Å². The maximum atomic E-state index is 10.4. The molecular formula is C27H49NOS. The average Bonchev–Trinajstić information content (AvgIpc) is 2.70. The predicted molar refractivity (Wildman–Crippen MR) is 137 cm³/mol. The van der Waals surface area contributed by atoms with Crippen molar-refractivity contribution >= 4 is 12.6 Å². The molecule has 3 N–H and O–H groups in total. The van der Waals surface area contributed by atoms with E-state index in [0.717, 1.165) is 17.5 Å². The fourth-order valence-corrected chi connectivity index (χ4v) is 4.67. The van der Waals surface area contributed by atoms with Crippen LogP contribution in [0.4, 0.5) is 0 Å². The van der Waals surface area contributed by atoms with Crippen LogP contribution in [0.15, 0.2) is 12.1 Å². The Labute approximate surface area is 192 Å². The van der Waals surface area contributed by atoms with Gasteiger partial charge in [-0.2, -0.15) is 12.6 Å². The second-order valence-electron chi connectivity index (χ2n) is 10.1. The summed E-state index contributed by atoms with van der Waals surface area (Å²) < 4.78 is 0. The predicted octanol–water partition coefficient (Wildman–Crippen LogP) is 8.60. The van der Waals surface area contributed by atoms with Gasteiger partial charge >= 0.3 is 0 Å². The standard InChI is InChI=1S/C27H49NOS/c1-5-6-7-8-9-10-11-12-13-14-15-16-17-18-26(30)23-20-24(27(2,3)4)25(29)19-22(23)21-28/h19-20,26,29-30H,5-18,21,28H2,1-4H3. The zero-order chi connectivity index (χ0) is 22.4. The molecular weight excluding hydrogens is 386 g/mol. The summed E-state index contributed by atoms with van der Waals surface area (Å²) in [5.41, 5.74) is 9.06. The van der Waals surface area contributed by atoms with Gasteiger partial charge in [-0.25, -0.2) is 0 Å². The fraction of sp³-hybridized carbons (Fsp3) is 0.778. The molecule has 1 rings (SSSR count). The Kier molecular flexibility index (Phi) is 13.9. The molecule has 1 unspecified atom stereocenters. The first-order chi connectivity index (χ1) is 14.3. The Hall–Kier alpha value is -0.670. The zero-order valence-corrected chi connectivity index (χ0v) is 21.2. The highest BCUT2D eigenvalue weighted by atomic mass is 32.1. The number of rotatable bonds is 16. The normalized spacial score (nSPS) is 13.0.